The number of amides is 1. The fourth-order valence-electron chi connectivity index (χ4n) is 2.15. The zero-order chi connectivity index (χ0) is 12.3. The highest BCUT2D eigenvalue weighted by atomic mass is 16.6. The third-order valence-corrected chi connectivity index (χ3v) is 2.85. The molecule has 16 heavy (non-hydrogen) atoms. The molecule has 4 heteroatoms. The van der Waals surface area contributed by atoms with Crippen LogP contribution < -0.4 is 0 Å². The Morgan fingerprint density at radius 2 is 2.06 bits per heavy atom. The lowest BCUT2D eigenvalue weighted by molar-refractivity contribution is 0.0141. The zero-order valence-electron chi connectivity index (χ0n) is 10.7. The lowest BCUT2D eigenvalue weighted by atomic mass is 10.1. The number of ether oxygens (including phenoxy) is 1. The van der Waals surface area contributed by atoms with Crippen LogP contribution in [-0.4, -0.2) is 40.4 Å². The highest BCUT2D eigenvalue weighted by molar-refractivity contribution is 5.69. The molecule has 0 bridgehead atoms. The van der Waals surface area contributed by atoms with Gasteiger partial charge in [-0.2, -0.15) is 0 Å². The van der Waals surface area contributed by atoms with Crippen LogP contribution in [0.1, 0.15) is 47.0 Å². The van der Waals surface area contributed by atoms with Gasteiger partial charge in [0.25, 0.3) is 0 Å². The molecule has 1 aliphatic rings. The predicted molar refractivity (Wildman–Crippen MR) is 62.3 cm³/mol. The Morgan fingerprint density at radius 1 is 1.44 bits per heavy atom. The fourth-order valence-corrected chi connectivity index (χ4v) is 2.15. The minimum atomic E-state index is -0.455. The maximum Gasteiger partial charge on any atom is 0.410 e. The quantitative estimate of drug-likeness (QED) is 0.789. The number of carbonyl (C=O) groups is 1. The maximum absolute atomic E-state index is 12.0. The van der Waals surface area contributed by atoms with Crippen molar-refractivity contribution in [2.45, 2.75) is 64.6 Å². The molecule has 0 saturated carbocycles. The first-order chi connectivity index (χ1) is 7.35. The summed E-state index contributed by atoms with van der Waals surface area (Å²) in [5.74, 6) is 0. The Hall–Kier alpha value is -0.770. The van der Waals surface area contributed by atoms with Crippen LogP contribution in [0.25, 0.3) is 0 Å². The molecular weight excluding hydrogens is 206 g/mol. The highest BCUT2D eigenvalue weighted by Gasteiger charge is 2.36. The van der Waals surface area contributed by atoms with Gasteiger partial charge in [0, 0.05) is 18.7 Å². The van der Waals surface area contributed by atoms with Crippen molar-refractivity contribution in [3.63, 3.8) is 0 Å². The Labute approximate surface area is 97.6 Å². The van der Waals surface area contributed by atoms with Gasteiger partial charge in [0.15, 0.2) is 0 Å². The summed E-state index contributed by atoms with van der Waals surface area (Å²) in [5, 5.41) is 8.97. The number of nitrogens with zero attached hydrogens (tertiary/aromatic N) is 1. The number of rotatable bonds is 2. The van der Waals surface area contributed by atoms with Crippen molar-refractivity contribution < 1.29 is 14.6 Å². The number of aliphatic hydroxyl groups excluding tert-OH is 1. The van der Waals surface area contributed by atoms with E-state index in [1.54, 1.807) is 4.90 Å². The van der Waals surface area contributed by atoms with Crippen molar-refractivity contribution in [3.05, 3.63) is 0 Å². The van der Waals surface area contributed by atoms with Gasteiger partial charge in [-0.3, -0.25) is 0 Å². The minimum absolute atomic E-state index is 0.122. The number of hydrogen-bond donors (Lipinski definition) is 1. The first-order valence-corrected chi connectivity index (χ1v) is 5.97. The van der Waals surface area contributed by atoms with E-state index in [1.165, 1.54) is 0 Å². The van der Waals surface area contributed by atoms with Crippen LogP contribution in [0.5, 0.6) is 0 Å². The first kappa shape index (κ1) is 13.3. The van der Waals surface area contributed by atoms with Crippen molar-refractivity contribution in [2.24, 2.45) is 0 Å². The number of hydrogen-bond acceptors (Lipinski definition) is 3. The highest BCUT2D eigenvalue weighted by Crippen LogP contribution is 2.27. The summed E-state index contributed by atoms with van der Waals surface area (Å²) >= 11 is 0. The summed E-state index contributed by atoms with van der Waals surface area (Å²) in [6.07, 6.45) is 2.34. The number of aliphatic hydroxyl groups is 1. The Kier molecular flexibility index (Phi) is 4.19. The van der Waals surface area contributed by atoms with E-state index in [2.05, 4.69) is 0 Å². The maximum atomic E-state index is 12.0. The summed E-state index contributed by atoms with van der Waals surface area (Å²) in [6, 6.07) is 0.348. The molecule has 0 aromatic heterocycles. The van der Waals surface area contributed by atoms with Gasteiger partial charge >= 0.3 is 6.09 Å². The second kappa shape index (κ2) is 5.04. The summed E-state index contributed by atoms with van der Waals surface area (Å²) < 4.78 is 5.37. The van der Waals surface area contributed by atoms with Gasteiger partial charge in [-0.05, 0) is 47.0 Å². The molecule has 1 saturated heterocycles. The normalized spacial score (nSPS) is 25.9. The average Bonchev–Trinajstić information content (AvgIpc) is 2.44. The Balaban J connectivity index is 2.64. The fraction of sp³-hybridized carbons (Fsp3) is 0.917. The first-order valence-electron chi connectivity index (χ1n) is 5.97. The van der Waals surface area contributed by atoms with Gasteiger partial charge in [-0.25, -0.2) is 4.79 Å². The molecule has 1 fully saturated rings. The van der Waals surface area contributed by atoms with Crippen LogP contribution in [-0.2, 0) is 4.74 Å². The van der Waals surface area contributed by atoms with Crippen LogP contribution in [0.4, 0.5) is 4.79 Å². The zero-order valence-corrected chi connectivity index (χ0v) is 10.7. The average molecular weight is 229 g/mol. The van der Waals surface area contributed by atoms with Gasteiger partial charge < -0.3 is 14.7 Å². The molecular formula is C12H23NO3. The van der Waals surface area contributed by atoms with Gasteiger partial charge in [-0.1, -0.05) is 0 Å². The molecule has 4 nitrogen and oxygen atoms in total. The van der Waals surface area contributed by atoms with E-state index in [0.29, 0.717) is 6.42 Å². The van der Waals surface area contributed by atoms with Crippen LogP contribution in [0.15, 0.2) is 0 Å². The third kappa shape index (κ3) is 3.37. The molecule has 94 valence electrons. The predicted octanol–water partition coefficient (Wildman–Crippen LogP) is 2.16. The molecule has 0 spiro atoms. The largest absolute Gasteiger partial charge is 0.444 e. The molecule has 1 aliphatic heterocycles. The molecule has 0 radical (unpaired) electrons. The van der Waals surface area contributed by atoms with Crippen molar-refractivity contribution in [1.29, 1.82) is 0 Å². The van der Waals surface area contributed by atoms with E-state index in [-0.39, 0.29) is 24.8 Å². The molecule has 1 N–H and O–H groups in total. The van der Waals surface area contributed by atoms with Gasteiger partial charge in [0.1, 0.15) is 5.60 Å². The van der Waals surface area contributed by atoms with Gasteiger partial charge in [0.2, 0.25) is 0 Å². The standard InChI is InChI=1S/C12H23NO3/c1-9-5-6-10(7-8-14)13(9)11(15)16-12(2,3)4/h9-10,14H,5-8H2,1-4H3/t9-,10-/m0/s1. The second-order valence-electron chi connectivity index (χ2n) is 5.48. The van der Waals surface area contributed by atoms with E-state index in [1.807, 2.05) is 27.7 Å². The van der Waals surface area contributed by atoms with Crippen LogP contribution in [0.2, 0.25) is 0 Å². The van der Waals surface area contributed by atoms with E-state index in [0.717, 1.165) is 12.8 Å². The molecule has 0 aliphatic carbocycles. The van der Waals surface area contributed by atoms with Gasteiger partial charge in [0.05, 0.1) is 0 Å². The summed E-state index contributed by atoms with van der Waals surface area (Å²) in [4.78, 5) is 13.8. The van der Waals surface area contributed by atoms with E-state index in [9.17, 15) is 4.79 Å². The van der Waals surface area contributed by atoms with E-state index < -0.39 is 5.60 Å². The number of likely N-dealkylation sites (tertiary alicyclic amines) is 1. The molecule has 0 aromatic rings. The summed E-state index contributed by atoms with van der Waals surface area (Å²) in [6.45, 7) is 7.75. The van der Waals surface area contributed by atoms with E-state index >= 15 is 0 Å². The molecule has 1 rings (SSSR count). The monoisotopic (exact) mass is 229 g/mol. The topological polar surface area (TPSA) is 49.8 Å². The molecule has 0 unspecified atom stereocenters. The van der Waals surface area contributed by atoms with Crippen molar-refractivity contribution in [3.8, 4) is 0 Å². The molecule has 0 aromatic carbocycles. The SMILES string of the molecule is C[C@H]1CC[C@@H](CCO)N1C(=O)OC(C)(C)C. The molecule has 2 atom stereocenters. The van der Waals surface area contributed by atoms with Gasteiger partial charge in [-0.15, -0.1) is 0 Å². The second-order valence-corrected chi connectivity index (χ2v) is 5.48. The van der Waals surface area contributed by atoms with Crippen molar-refractivity contribution in [2.75, 3.05) is 6.61 Å². The van der Waals surface area contributed by atoms with Crippen molar-refractivity contribution in [1.82, 2.24) is 4.90 Å². The molecule has 1 heterocycles. The lowest BCUT2D eigenvalue weighted by Crippen LogP contribution is -2.43. The Bertz CT molecular complexity index is 245. The summed E-state index contributed by atoms with van der Waals surface area (Å²) in [5.41, 5.74) is -0.455. The smallest absolute Gasteiger partial charge is 0.410 e. The number of carbonyl (C=O) groups excluding carboxylic acids is 1. The third-order valence-electron chi connectivity index (χ3n) is 2.85. The summed E-state index contributed by atoms with van der Waals surface area (Å²) in [7, 11) is 0. The minimum Gasteiger partial charge on any atom is -0.444 e. The molecule has 1 amide bonds. The van der Waals surface area contributed by atoms with Crippen LogP contribution >= 0.6 is 0 Å². The van der Waals surface area contributed by atoms with E-state index in [4.69, 9.17) is 9.84 Å². The van der Waals surface area contributed by atoms with Crippen LogP contribution in [0, 0.1) is 0 Å². The lowest BCUT2D eigenvalue weighted by Gasteiger charge is -2.31. The van der Waals surface area contributed by atoms with Crippen molar-refractivity contribution >= 4 is 6.09 Å². The Morgan fingerprint density at radius 3 is 2.56 bits per heavy atom. The van der Waals surface area contributed by atoms with Crippen LogP contribution in [0.3, 0.4) is 0 Å².